The molecule has 0 aliphatic heterocycles. The van der Waals surface area contributed by atoms with Crippen LogP contribution in [-0.2, 0) is 11.3 Å². The Bertz CT molecular complexity index is 367. The Morgan fingerprint density at radius 1 is 1.22 bits per heavy atom. The van der Waals surface area contributed by atoms with Crippen molar-refractivity contribution < 1.29 is 9.84 Å². The highest BCUT2D eigenvalue weighted by Gasteiger charge is 2.26. The standard InChI is InChI=1S/C16H24O2/c1-12-7-9-13(10-8-12)16(17)15-6-4-3-5-14(15)11-18-2/h3-6,12-13,16-17H,7-11H2,1-2H3. The van der Waals surface area contributed by atoms with E-state index < -0.39 is 0 Å². The van der Waals surface area contributed by atoms with Crippen LogP contribution in [0.15, 0.2) is 24.3 Å². The molecule has 1 aliphatic carbocycles. The van der Waals surface area contributed by atoms with Crippen LogP contribution in [0, 0.1) is 11.8 Å². The predicted octanol–water partition coefficient (Wildman–Crippen LogP) is 3.69. The molecule has 0 bridgehead atoms. The molecule has 1 aromatic rings. The zero-order valence-electron chi connectivity index (χ0n) is 11.4. The van der Waals surface area contributed by atoms with Crippen molar-refractivity contribution in [3.63, 3.8) is 0 Å². The number of rotatable bonds is 4. The summed E-state index contributed by atoms with van der Waals surface area (Å²) in [5, 5.41) is 10.6. The second-order valence-corrected chi connectivity index (χ2v) is 5.60. The van der Waals surface area contributed by atoms with Crippen molar-refractivity contribution in [1.29, 1.82) is 0 Å². The topological polar surface area (TPSA) is 29.5 Å². The molecule has 2 heteroatoms. The van der Waals surface area contributed by atoms with Gasteiger partial charge in [-0.15, -0.1) is 0 Å². The van der Waals surface area contributed by atoms with Gasteiger partial charge in [0.25, 0.3) is 0 Å². The minimum atomic E-state index is -0.330. The lowest BCUT2D eigenvalue weighted by Crippen LogP contribution is -2.20. The molecule has 0 heterocycles. The van der Waals surface area contributed by atoms with Crippen LogP contribution in [0.4, 0.5) is 0 Å². The molecule has 100 valence electrons. The number of methoxy groups -OCH3 is 1. The molecule has 1 aromatic carbocycles. The summed E-state index contributed by atoms with van der Waals surface area (Å²) in [5.41, 5.74) is 2.17. The highest BCUT2D eigenvalue weighted by Crippen LogP contribution is 2.37. The first-order chi connectivity index (χ1) is 8.72. The van der Waals surface area contributed by atoms with Gasteiger partial charge in [-0.1, -0.05) is 44.0 Å². The van der Waals surface area contributed by atoms with Crippen LogP contribution in [0.1, 0.15) is 49.8 Å². The highest BCUT2D eigenvalue weighted by molar-refractivity contribution is 5.29. The minimum absolute atomic E-state index is 0.330. The van der Waals surface area contributed by atoms with Gasteiger partial charge in [0.05, 0.1) is 12.7 Å². The maximum atomic E-state index is 10.6. The van der Waals surface area contributed by atoms with E-state index in [1.54, 1.807) is 7.11 Å². The Balaban J connectivity index is 2.10. The molecule has 1 aliphatic rings. The Hall–Kier alpha value is -0.860. The minimum Gasteiger partial charge on any atom is -0.388 e. The summed E-state index contributed by atoms with van der Waals surface area (Å²) >= 11 is 0. The lowest BCUT2D eigenvalue weighted by molar-refractivity contribution is 0.0727. The van der Waals surface area contributed by atoms with Crippen LogP contribution in [0.2, 0.25) is 0 Å². The van der Waals surface area contributed by atoms with E-state index in [2.05, 4.69) is 6.92 Å². The first-order valence-corrected chi connectivity index (χ1v) is 6.97. The molecule has 1 unspecified atom stereocenters. The molecular weight excluding hydrogens is 224 g/mol. The van der Waals surface area contributed by atoms with Crippen molar-refractivity contribution in [3.05, 3.63) is 35.4 Å². The fourth-order valence-corrected chi connectivity index (χ4v) is 2.97. The van der Waals surface area contributed by atoms with Crippen molar-refractivity contribution in [2.45, 2.75) is 45.3 Å². The molecule has 1 atom stereocenters. The van der Waals surface area contributed by atoms with Crippen LogP contribution < -0.4 is 0 Å². The molecule has 1 saturated carbocycles. The first kappa shape index (κ1) is 13.6. The molecule has 18 heavy (non-hydrogen) atoms. The third-order valence-electron chi connectivity index (χ3n) is 4.18. The molecule has 1 fully saturated rings. The molecule has 0 saturated heterocycles. The van der Waals surface area contributed by atoms with Gasteiger partial charge in [0.15, 0.2) is 0 Å². The van der Waals surface area contributed by atoms with E-state index in [0.717, 1.165) is 29.9 Å². The molecule has 2 nitrogen and oxygen atoms in total. The van der Waals surface area contributed by atoms with Gasteiger partial charge in [0.1, 0.15) is 0 Å². The SMILES string of the molecule is COCc1ccccc1C(O)C1CCC(C)CC1. The molecular formula is C16H24O2. The molecule has 1 N–H and O–H groups in total. The van der Waals surface area contributed by atoms with E-state index in [-0.39, 0.29) is 6.10 Å². The maximum Gasteiger partial charge on any atom is 0.0821 e. The Labute approximate surface area is 110 Å². The van der Waals surface area contributed by atoms with Crippen LogP contribution in [-0.4, -0.2) is 12.2 Å². The van der Waals surface area contributed by atoms with Gasteiger partial charge >= 0.3 is 0 Å². The Morgan fingerprint density at radius 2 is 1.89 bits per heavy atom. The third kappa shape index (κ3) is 3.12. The lowest BCUT2D eigenvalue weighted by atomic mass is 9.78. The number of hydrogen-bond acceptors (Lipinski definition) is 2. The third-order valence-corrected chi connectivity index (χ3v) is 4.18. The average molecular weight is 248 g/mol. The van der Waals surface area contributed by atoms with Gasteiger partial charge in [0, 0.05) is 7.11 Å². The van der Waals surface area contributed by atoms with Crippen molar-refractivity contribution in [1.82, 2.24) is 0 Å². The molecule has 0 spiro atoms. The fourth-order valence-electron chi connectivity index (χ4n) is 2.97. The lowest BCUT2D eigenvalue weighted by Gasteiger charge is -2.30. The molecule has 0 aromatic heterocycles. The average Bonchev–Trinajstić information content (AvgIpc) is 2.40. The van der Waals surface area contributed by atoms with E-state index in [4.69, 9.17) is 4.74 Å². The summed E-state index contributed by atoms with van der Waals surface area (Å²) in [6.07, 6.45) is 4.44. The second-order valence-electron chi connectivity index (χ2n) is 5.60. The molecule has 2 rings (SSSR count). The maximum absolute atomic E-state index is 10.6. The number of benzene rings is 1. The van der Waals surface area contributed by atoms with E-state index >= 15 is 0 Å². The highest BCUT2D eigenvalue weighted by atomic mass is 16.5. The van der Waals surface area contributed by atoms with Gasteiger partial charge in [-0.3, -0.25) is 0 Å². The molecule has 0 radical (unpaired) electrons. The number of aliphatic hydroxyl groups excluding tert-OH is 1. The summed E-state index contributed by atoms with van der Waals surface area (Å²) in [7, 11) is 1.70. The number of aliphatic hydroxyl groups is 1. The van der Waals surface area contributed by atoms with E-state index in [1.807, 2.05) is 24.3 Å². The van der Waals surface area contributed by atoms with Crippen molar-refractivity contribution in [2.24, 2.45) is 11.8 Å². The van der Waals surface area contributed by atoms with Gasteiger partial charge < -0.3 is 9.84 Å². The smallest absolute Gasteiger partial charge is 0.0821 e. The zero-order valence-corrected chi connectivity index (χ0v) is 11.4. The largest absolute Gasteiger partial charge is 0.388 e. The van der Waals surface area contributed by atoms with Crippen molar-refractivity contribution >= 4 is 0 Å². The van der Waals surface area contributed by atoms with Crippen LogP contribution >= 0.6 is 0 Å². The van der Waals surface area contributed by atoms with E-state index in [0.29, 0.717) is 12.5 Å². The van der Waals surface area contributed by atoms with Crippen molar-refractivity contribution in [3.8, 4) is 0 Å². The summed E-state index contributed by atoms with van der Waals surface area (Å²) in [4.78, 5) is 0. The normalized spacial score (nSPS) is 25.9. The van der Waals surface area contributed by atoms with Gasteiger partial charge in [0.2, 0.25) is 0 Å². The predicted molar refractivity (Wildman–Crippen MR) is 73.2 cm³/mol. The molecule has 0 amide bonds. The van der Waals surface area contributed by atoms with Gasteiger partial charge in [-0.2, -0.15) is 0 Å². The Morgan fingerprint density at radius 3 is 2.56 bits per heavy atom. The van der Waals surface area contributed by atoms with Crippen LogP contribution in [0.3, 0.4) is 0 Å². The summed E-state index contributed by atoms with van der Waals surface area (Å²) in [6, 6.07) is 8.10. The van der Waals surface area contributed by atoms with Crippen molar-refractivity contribution in [2.75, 3.05) is 7.11 Å². The quantitative estimate of drug-likeness (QED) is 0.880. The van der Waals surface area contributed by atoms with Crippen LogP contribution in [0.25, 0.3) is 0 Å². The van der Waals surface area contributed by atoms with Gasteiger partial charge in [-0.25, -0.2) is 0 Å². The summed E-state index contributed by atoms with van der Waals surface area (Å²) in [6.45, 7) is 2.89. The van der Waals surface area contributed by atoms with E-state index in [1.165, 1.54) is 12.8 Å². The van der Waals surface area contributed by atoms with E-state index in [9.17, 15) is 5.11 Å². The number of hydrogen-bond donors (Lipinski definition) is 1. The van der Waals surface area contributed by atoms with Gasteiger partial charge in [-0.05, 0) is 35.8 Å². The van der Waals surface area contributed by atoms with Crippen LogP contribution in [0.5, 0.6) is 0 Å². The Kier molecular flexibility index (Phi) is 4.79. The summed E-state index contributed by atoms with van der Waals surface area (Å²) < 4.78 is 5.21. The fraction of sp³-hybridized carbons (Fsp3) is 0.625. The monoisotopic (exact) mass is 248 g/mol. The first-order valence-electron chi connectivity index (χ1n) is 6.97. The summed E-state index contributed by atoms with van der Waals surface area (Å²) in [5.74, 6) is 1.24. The second kappa shape index (κ2) is 6.35. The number of ether oxygens (including phenoxy) is 1. The zero-order chi connectivity index (χ0) is 13.0.